The van der Waals surface area contributed by atoms with Gasteiger partial charge in [-0.2, -0.15) is 0 Å². The fourth-order valence-corrected chi connectivity index (χ4v) is 2.56. The molecule has 118 valence electrons. The molecule has 1 aromatic carbocycles. The molecule has 0 saturated carbocycles. The molecule has 3 heteroatoms. The molecule has 1 aromatic heterocycles. The lowest BCUT2D eigenvalue weighted by atomic mass is 10.0. The lowest BCUT2D eigenvalue weighted by molar-refractivity contribution is 0.310. The monoisotopic (exact) mass is 297 g/mol. The van der Waals surface area contributed by atoms with E-state index in [1.165, 1.54) is 16.7 Å². The Morgan fingerprint density at radius 2 is 1.82 bits per heavy atom. The van der Waals surface area contributed by atoms with E-state index >= 15 is 0 Å². The Morgan fingerprint density at radius 3 is 2.50 bits per heavy atom. The van der Waals surface area contributed by atoms with Gasteiger partial charge in [-0.15, -0.1) is 0 Å². The smallest absolute Gasteiger partial charge is 0.0573 e. The van der Waals surface area contributed by atoms with Crippen LogP contribution in [0.5, 0.6) is 0 Å². The predicted molar refractivity (Wildman–Crippen MR) is 92.7 cm³/mol. The van der Waals surface area contributed by atoms with Gasteiger partial charge in [-0.25, -0.2) is 0 Å². The zero-order chi connectivity index (χ0) is 16.1. The molecular weight excluding hydrogens is 270 g/mol. The summed E-state index contributed by atoms with van der Waals surface area (Å²) in [6, 6.07) is 13.4. The molecule has 0 aliphatic carbocycles. The molecule has 0 unspecified atom stereocenters. The molecule has 1 atom stereocenters. The molecule has 0 radical (unpaired) electrons. The standard InChI is InChI=1S/C19H27N3/c1-15-8-7-11-20-19(15)14-22(5)13-17-9-6-10-18(12-17)16(2)21(3)4/h6-12,16H,13-14H2,1-5H3/t16-/m1/s1. The van der Waals surface area contributed by atoms with Crippen molar-refractivity contribution >= 4 is 0 Å². The number of pyridine rings is 1. The second kappa shape index (κ2) is 7.52. The highest BCUT2D eigenvalue weighted by molar-refractivity contribution is 5.26. The molecule has 1 heterocycles. The van der Waals surface area contributed by atoms with Gasteiger partial charge in [0.05, 0.1) is 5.69 Å². The minimum Gasteiger partial charge on any atom is -0.303 e. The number of nitrogens with zero attached hydrogens (tertiary/aromatic N) is 3. The van der Waals surface area contributed by atoms with Crippen molar-refractivity contribution in [2.45, 2.75) is 33.0 Å². The van der Waals surface area contributed by atoms with Crippen molar-refractivity contribution in [3.05, 3.63) is 65.0 Å². The molecule has 22 heavy (non-hydrogen) atoms. The first kappa shape index (κ1) is 16.7. The van der Waals surface area contributed by atoms with E-state index in [2.05, 4.69) is 80.1 Å². The van der Waals surface area contributed by atoms with Crippen LogP contribution in [0.2, 0.25) is 0 Å². The molecule has 3 nitrogen and oxygen atoms in total. The molecule has 2 rings (SSSR count). The van der Waals surface area contributed by atoms with E-state index in [1.54, 1.807) is 0 Å². The van der Waals surface area contributed by atoms with Crippen molar-refractivity contribution in [3.63, 3.8) is 0 Å². The van der Waals surface area contributed by atoms with Crippen molar-refractivity contribution in [2.24, 2.45) is 0 Å². The van der Waals surface area contributed by atoms with Crippen LogP contribution < -0.4 is 0 Å². The third-order valence-corrected chi connectivity index (χ3v) is 4.20. The van der Waals surface area contributed by atoms with Gasteiger partial charge in [-0.1, -0.05) is 30.3 Å². The van der Waals surface area contributed by atoms with Crippen LogP contribution in [0, 0.1) is 6.92 Å². The Morgan fingerprint density at radius 1 is 1.05 bits per heavy atom. The number of aromatic nitrogens is 1. The van der Waals surface area contributed by atoms with Gasteiger partial charge in [0.15, 0.2) is 0 Å². The van der Waals surface area contributed by atoms with Gasteiger partial charge < -0.3 is 4.90 Å². The number of aryl methyl sites for hydroxylation is 1. The molecule has 0 amide bonds. The Labute approximate surface area is 134 Å². The van der Waals surface area contributed by atoms with Crippen LogP contribution in [-0.4, -0.2) is 35.9 Å². The highest BCUT2D eigenvalue weighted by Crippen LogP contribution is 2.19. The Balaban J connectivity index is 2.04. The summed E-state index contributed by atoms with van der Waals surface area (Å²) in [5.74, 6) is 0. The predicted octanol–water partition coefficient (Wildman–Crippen LogP) is 3.64. The van der Waals surface area contributed by atoms with Crippen LogP contribution >= 0.6 is 0 Å². The van der Waals surface area contributed by atoms with Crippen LogP contribution in [-0.2, 0) is 13.1 Å². The number of hydrogen-bond donors (Lipinski definition) is 0. The van der Waals surface area contributed by atoms with E-state index in [-0.39, 0.29) is 0 Å². The summed E-state index contributed by atoms with van der Waals surface area (Å²) >= 11 is 0. The summed E-state index contributed by atoms with van der Waals surface area (Å²) in [5, 5.41) is 0. The maximum atomic E-state index is 4.48. The lowest BCUT2D eigenvalue weighted by Gasteiger charge is -2.22. The van der Waals surface area contributed by atoms with Gasteiger partial charge in [0.2, 0.25) is 0 Å². The minimum absolute atomic E-state index is 0.434. The maximum absolute atomic E-state index is 4.48. The number of rotatable bonds is 6. The third-order valence-electron chi connectivity index (χ3n) is 4.20. The third kappa shape index (κ3) is 4.39. The first-order chi connectivity index (χ1) is 10.5. The normalized spacial score (nSPS) is 12.9. The zero-order valence-corrected chi connectivity index (χ0v) is 14.4. The maximum Gasteiger partial charge on any atom is 0.0573 e. The fourth-order valence-electron chi connectivity index (χ4n) is 2.56. The lowest BCUT2D eigenvalue weighted by Crippen LogP contribution is -2.20. The van der Waals surface area contributed by atoms with Gasteiger partial charge >= 0.3 is 0 Å². The highest BCUT2D eigenvalue weighted by Gasteiger charge is 2.09. The Kier molecular flexibility index (Phi) is 5.69. The number of benzene rings is 1. The van der Waals surface area contributed by atoms with E-state index < -0.39 is 0 Å². The van der Waals surface area contributed by atoms with Crippen molar-refractivity contribution in [3.8, 4) is 0 Å². The van der Waals surface area contributed by atoms with Crippen LogP contribution in [0.15, 0.2) is 42.6 Å². The second-order valence-electron chi connectivity index (χ2n) is 6.32. The van der Waals surface area contributed by atoms with Crippen LogP contribution in [0.1, 0.15) is 35.3 Å². The fraction of sp³-hybridized carbons (Fsp3) is 0.421. The van der Waals surface area contributed by atoms with Crippen molar-refractivity contribution in [1.82, 2.24) is 14.8 Å². The highest BCUT2D eigenvalue weighted by atomic mass is 15.1. The first-order valence-corrected chi connectivity index (χ1v) is 7.81. The topological polar surface area (TPSA) is 19.4 Å². The van der Waals surface area contributed by atoms with E-state index in [1.807, 2.05) is 12.3 Å². The zero-order valence-electron chi connectivity index (χ0n) is 14.4. The van der Waals surface area contributed by atoms with E-state index in [0.717, 1.165) is 18.8 Å². The summed E-state index contributed by atoms with van der Waals surface area (Å²) in [5.41, 5.74) is 5.12. The number of hydrogen-bond acceptors (Lipinski definition) is 3. The average molecular weight is 297 g/mol. The van der Waals surface area contributed by atoms with Gasteiger partial charge in [0.25, 0.3) is 0 Å². The van der Waals surface area contributed by atoms with Crippen LogP contribution in [0.25, 0.3) is 0 Å². The van der Waals surface area contributed by atoms with Gasteiger partial charge in [-0.3, -0.25) is 9.88 Å². The first-order valence-electron chi connectivity index (χ1n) is 7.81. The van der Waals surface area contributed by atoms with Crippen LogP contribution in [0.3, 0.4) is 0 Å². The molecule has 0 aliphatic rings. The second-order valence-corrected chi connectivity index (χ2v) is 6.32. The summed E-state index contributed by atoms with van der Waals surface area (Å²) < 4.78 is 0. The molecule has 0 fully saturated rings. The molecule has 0 aliphatic heterocycles. The Hall–Kier alpha value is -1.71. The molecule has 0 bridgehead atoms. The largest absolute Gasteiger partial charge is 0.303 e. The van der Waals surface area contributed by atoms with Gasteiger partial charge in [0.1, 0.15) is 0 Å². The van der Waals surface area contributed by atoms with Gasteiger partial charge in [-0.05, 0) is 57.7 Å². The minimum atomic E-state index is 0.434. The van der Waals surface area contributed by atoms with E-state index in [9.17, 15) is 0 Å². The van der Waals surface area contributed by atoms with Crippen LogP contribution in [0.4, 0.5) is 0 Å². The van der Waals surface area contributed by atoms with E-state index in [0.29, 0.717) is 6.04 Å². The Bertz CT molecular complexity index is 607. The van der Waals surface area contributed by atoms with Crippen molar-refractivity contribution in [1.29, 1.82) is 0 Å². The summed E-state index contributed by atoms with van der Waals surface area (Å²) in [4.78, 5) is 9.03. The summed E-state index contributed by atoms with van der Waals surface area (Å²) in [6.07, 6.45) is 1.87. The summed E-state index contributed by atoms with van der Waals surface area (Å²) in [7, 11) is 6.39. The molecule has 0 saturated heterocycles. The molecular formula is C19H27N3. The molecule has 0 spiro atoms. The van der Waals surface area contributed by atoms with E-state index in [4.69, 9.17) is 0 Å². The molecule has 0 N–H and O–H groups in total. The SMILES string of the molecule is Cc1cccnc1CN(C)Cc1cccc([C@@H](C)N(C)C)c1. The van der Waals surface area contributed by atoms with Crippen molar-refractivity contribution < 1.29 is 0 Å². The van der Waals surface area contributed by atoms with Crippen molar-refractivity contribution in [2.75, 3.05) is 21.1 Å². The quantitative estimate of drug-likeness (QED) is 0.811. The molecule has 2 aromatic rings. The summed E-state index contributed by atoms with van der Waals surface area (Å²) in [6.45, 7) is 6.17. The average Bonchev–Trinajstić information content (AvgIpc) is 2.49. The van der Waals surface area contributed by atoms with Gasteiger partial charge in [0, 0.05) is 25.3 Å².